The number of benzene rings is 3. The summed E-state index contributed by atoms with van der Waals surface area (Å²) in [7, 11) is 0. The first kappa shape index (κ1) is 21.5. The summed E-state index contributed by atoms with van der Waals surface area (Å²) in [6, 6.07) is 28.8. The van der Waals surface area contributed by atoms with E-state index in [9.17, 15) is 4.79 Å². The number of aryl methyl sites for hydroxylation is 2. The molecule has 1 heterocycles. The number of hydrogen-bond acceptors (Lipinski definition) is 2. The largest absolute Gasteiger partial charge is 0.342 e. The number of nitrogens with zero attached hydrogens (tertiary/aromatic N) is 1. The summed E-state index contributed by atoms with van der Waals surface area (Å²) in [6.07, 6.45) is 1.64. The predicted octanol–water partition coefficient (Wildman–Crippen LogP) is 6.70. The third kappa shape index (κ3) is 4.47. The molecular weight excluding hydrogens is 392 g/mol. The van der Waals surface area contributed by atoms with Gasteiger partial charge in [-0.15, -0.1) is 0 Å². The van der Waals surface area contributed by atoms with Crippen molar-refractivity contribution in [2.45, 2.75) is 33.2 Å². The van der Waals surface area contributed by atoms with Gasteiger partial charge in [0.2, 0.25) is 0 Å². The van der Waals surface area contributed by atoms with Crippen molar-refractivity contribution in [3.8, 4) is 22.3 Å². The lowest BCUT2D eigenvalue weighted by Gasteiger charge is -2.32. The van der Waals surface area contributed by atoms with Crippen LogP contribution in [-0.2, 0) is 5.54 Å². The molecule has 160 valence electrons. The highest BCUT2D eigenvalue weighted by Crippen LogP contribution is 2.39. The van der Waals surface area contributed by atoms with Crippen LogP contribution in [0.15, 0.2) is 91.1 Å². The Morgan fingerprint density at radius 2 is 1.25 bits per heavy atom. The van der Waals surface area contributed by atoms with Crippen molar-refractivity contribution in [2.75, 3.05) is 0 Å². The first-order valence-corrected chi connectivity index (χ1v) is 10.9. The fourth-order valence-electron chi connectivity index (χ4n) is 4.08. The van der Waals surface area contributed by atoms with Crippen molar-refractivity contribution in [2.24, 2.45) is 0 Å². The number of nitrogens with one attached hydrogen (secondary N) is 1. The van der Waals surface area contributed by atoms with Crippen LogP contribution in [0.3, 0.4) is 0 Å². The highest BCUT2D eigenvalue weighted by Gasteiger charge is 2.30. The number of rotatable bonds is 5. The van der Waals surface area contributed by atoms with E-state index in [1.54, 1.807) is 12.3 Å². The molecule has 0 saturated carbocycles. The van der Waals surface area contributed by atoms with Crippen molar-refractivity contribution in [3.63, 3.8) is 0 Å². The van der Waals surface area contributed by atoms with Crippen molar-refractivity contribution < 1.29 is 4.79 Å². The third-order valence-corrected chi connectivity index (χ3v) is 5.74. The van der Waals surface area contributed by atoms with Gasteiger partial charge >= 0.3 is 0 Å². The SMILES string of the molecule is Cc1ccc(-c2cccc(-c3ccc(C)cc3)c2C(C)(C)NC(=O)c2ccccn2)cc1. The molecule has 4 aromatic rings. The Labute approximate surface area is 190 Å². The first-order valence-electron chi connectivity index (χ1n) is 10.9. The molecule has 1 amide bonds. The van der Waals surface area contributed by atoms with Gasteiger partial charge in [0, 0.05) is 6.20 Å². The molecule has 4 rings (SSSR count). The Morgan fingerprint density at radius 1 is 0.719 bits per heavy atom. The van der Waals surface area contributed by atoms with Crippen LogP contribution in [0.4, 0.5) is 0 Å². The standard InChI is InChI=1S/C29H28N2O/c1-20-11-15-22(16-12-20)24-8-7-9-25(23-17-13-21(2)14-18-23)27(24)29(3,4)31-28(32)26-10-5-6-19-30-26/h5-19H,1-4H3,(H,31,32). The van der Waals surface area contributed by atoms with E-state index in [4.69, 9.17) is 0 Å². The van der Waals surface area contributed by atoms with E-state index in [-0.39, 0.29) is 5.91 Å². The molecule has 0 bridgehead atoms. The molecule has 0 radical (unpaired) electrons. The minimum Gasteiger partial charge on any atom is -0.342 e. The molecule has 1 N–H and O–H groups in total. The van der Waals surface area contributed by atoms with Gasteiger partial charge in [0.05, 0.1) is 5.54 Å². The highest BCUT2D eigenvalue weighted by atomic mass is 16.2. The fourth-order valence-corrected chi connectivity index (χ4v) is 4.08. The van der Waals surface area contributed by atoms with Gasteiger partial charge in [-0.3, -0.25) is 9.78 Å². The van der Waals surface area contributed by atoms with Crippen molar-refractivity contribution >= 4 is 5.91 Å². The lowest BCUT2D eigenvalue weighted by atomic mass is 9.81. The van der Waals surface area contributed by atoms with Gasteiger partial charge in [-0.05, 0) is 67.6 Å². The summed E-state index contributed by atoms with van der Waals surface area (Å²) < 4.78 is 0. The molecule has 0 aliphatic rings. The second-order valence-electron chi connectivity index (χ2n) is 8.75. The maximum atomic E-state index is 13.0. The van der Waals surface area contributed by atoms with E-state index in [0.29, 0.717) is 5.69 Å². The maximum absolute atomic E-state index is 13.0. The fraction of sp³-hybridized carbons (Fsp3) is 0.172. The average molecular weight is 421 g/mol. The second-order valence-corrected chi connectivity index (χ2v) is 8.75. The Balaban J connectivity index is 1.87. The van der Waals surface area contributed by atoms with E-state index in [1.165, 1.54) is 11.1 Å². The van der Waals surface area contributed by atoms with Crippen LogP contribution < -0.4 is 5.32 Å². The zero-order valence-corrected chi connectivity index (χ0v) is 19.0. The average Bonchev–Trinajstić information content (AvgIpc) is 2.80. The van der Waals surface area contributed by atoms with Crippen molar-refractivity contribution in [1.82, 2.24) is 10.3 Å². The second kappa shape index (κ2) is 8.80. The number of pyridine rings is 1. The van der Waals surface area contributed by atoms with Gasteiger partial charge in [0.15, 0.2) is 0 Å². The molecule has 3 nitrogen and oxygen atoms in total. The number of hydrogen-bond donors (Lipinski definition) is 1. The van der Waals surface area contributed by atoms with Crippen LogP contribution in [0.1, 0.15) is 41.0 Å². The molecule has 3 aromatic carbocycles. The molecule has 0 aliphatic carbocycles. The van der Waals surface area contributed by atoms with Crippen LogP contribution >= 0.6 is 0 Å². The molecule has 3 heteroatoms. The number of carbonyl (C=O) groups excluding carboxylic acids is 1. The molecule has 0 unspecified atom stereocenters. The smallest absolute Gasteiger partial charge is 0.270 e. The monoisotopic (exact) mass is 420 g/mol. The summed E-state index contributed by atoms with van der Waals surface area (Å²) in [5, 5.41) is 3.23. The van der Waals surface area contributed by atoms with Crippen LogP contribution in [0, 0.1) is 13.8 Å². The Morgan fingerprint density at radius 3 is 1.72 bits per heavy atom. The zero-order valence-electron chi connectivity index (χ0n) is 19.0. The van der Waals surface area contributed by atoms with E-state index in [2.05, 4.69) is 105 Å². The van der Waals surface area contributed by atoms with E-state index < -0.39 is 5.54 Å². The van der Waals surface area contributed by atoms with Crippen LogP contribution in [0.25, 0.3) is 22.3 Å². The normalized spacial score (nSPS) is 11.2. The Bertz CT molecular complexity index is 1160. The molecule has 1 aromatic heterocycles. The van der Waals surface area contributed by atoms with Crippen molar-refractivity contribution in [3.05, 3.63) is 114 Å². The third-order valence-electron chi connectivity index (χ3n) is 5.74. The summed E-state index contributed by atoms with van der Waals surface area (Å²) in [5.41, 5.74) is 7.74. The summed E-state index contributed by atoms with van der Waals surface area (Å²) >= 11 is 0. The lowest BCUT2D eigenvalue weighted by molar-refractivity contribution is 0.0907. The Kier molecular flexibility index (Phi) is 5.91. The number of carbonyl (C=O) groups is 1. The first-order chi connectivity index (χ1) is 15.3. The van der Waals surface area contributed by atoms with E-state index >= 15 is 0 Å². The molecule has 0 spiro atoms. The van der Waals surface area contributed by atoms with Crippen LogP contribution in [0.2, 0.25) is 0 Å². The molecule has 0 aliphatic heterocycles. The van der Waals surface area contributed by atoms with Gasteiger partial charge < -0.3 is 5.32 Å². The molecule has 0 saturated heterocycles. The minimum atomic E-state index is -0.643. The predicted molar refractivity (Wildman–Crippen MR) is 132 cm³/mol. The van der Waals surface area contributed by atoms with Gasteiger partial charge in [0.1, 0.15) is 5.69 Å². The zero-order chi connectivity index (χ0) is 22.7. The maximum Gasteiger partial charge on any atom is 0.270 e. The number of amides is 1. The molecular formula is C29H28N2O. The Hall–Kier alpha value is -3.72. The number of aromatic nitrogens is 1. The summed E-state index contributed by atoms with van der Waals surface area (Å²) in [5.74, 6) is -0.191. The molecule has 32 heavy (non-hydrogen) atoms. The van der Waals surface area contributed by atoms with Crippen molar-refractivity contribution in [1.29, 1.82) is 0 Å². The topological polar surface area (TPSA) is 42.0 Å². The van der Waals surface area contributed by atoms with Gasteiger partial charge in [-0.2, -0.15) is 0 Å². The summed E-state index contributed by atoms with van der Waals surface area (Å²) in [6.45, 7) is 8.28. The van der Waals surface area contributed by atoms with Crippen LogP contribution in [-0.4, -0.2) is 10.9 Å². The van der Waals surface area contributed by atoms with E-state index in [0.717, 1.165) is 27.8 Å². The summed E-state index contributed by atoms with van der Waals surface area (Å²) in [4.78, 5) is 17.3. The van der Waals surface area contributed by atoms with Gasteiger partial charge in [-0.25, -0.2) is 0 Å². The highest BCUT2D eigenvalue weighted by molar-refractivity contribution is 5.93. The van der Waals surface area contributed by atoms with Crippen LogP contribution in [0.5, 0.6) is 0 Å². The van der Waals surface area contributed by atoms with Gasteiger partial charge in [0.25, 0.3) is 5.91 Å². The van der Waals surface area contributed by atoms with Gasteiger partial charge in [-0.1, -0.05) is 83.9 Å². The molecule has 0 fully saturated rings. The quantitative estimate of drug-likeness (QED) is 0.390. The minimum absolute atomic E-state index is 0.191. The lowest BCUT2D eigenvalue weighted by Crippen LogP contribution is -2.42. The molecule has 0 atom stereocenters. The van der Waals surface area contributed by atoms with E-state index in [1.807, 2.05) is 12.1 Å².